The molecule has 3 rings (SSSR count). The van der Waals surface area contributed by atoms with Crippen LogP contribution >= 0.6 is 0 Å². The molecule has 0 radical (unpaired) electrons. The van der Waals surface area contributed by atoms with Crippen LogP contribution in [-0.4, -0.2) is 14.9 Å². The van der Waals surface area contributed by atoms with E-state index < -0.39 is 0 Å². The molecule has 0 aliphatic carbocycles. The first-order valence-electron chi connectivity index (χ1n) is 7.00. The minimum atomic E-state index is 0.0801. The summed E-state index contributed by atoms with van der Waals surface area (Å²) in [5.41, 5.74) is 6.10. The molecule has 3 nitrogen and oxygen atoms in total. The van der Waals surface area contributed by atoms with Crippen molar-refractivity contribution in [2.24, 2.45) is 0 Å². The Hall–Kier alpha value is -2.55. The van der Waals surface area contributed by atoms with Gasteiger partial charge in [0.05, 0.1) is 11.4 Å². The lowest BCUT2D eigenvalue weighted by Gasteiger charge is -2.12. The van der Waals surface area contributed by atoms with Crippen LogP contribution in [0.1, 0.15) is 16.7 Å². The zero-order valence-electron chi connectivity index (χ0n) is 12.5. The van der Waals surface area contributed by atoms with Crippen molar-refractivity contribution in [3.8, 4) is 22.8 Å². The van der Waals surface area contributed by atoms with Crippen molar-refractivity contribution >= 4 is 0 Å². The van der Waals surface area contributed by atoms with Crippen molar-refractivity contribution in [3.63, 3.8) is 0 Å². The molecule has 1 heterocycles. The summed E-state index contributed by atoms with van der Waals surface area (Å²) in [6.07, 6.45) is 0. The van der Waals surface area contributed by atoms with Crippen molar-refractivity contribution in [1.29, 1.82) is 0 Å². The number of rotatable bonds is 2. The van der Waals surface area contributed by atoms with Crippen LogP contribution in [-0.2, 0) is 0 Å². The van der Waals surface area contributed by atoms with Crippen LogP contribution in [0.25, 0.3) is 16.9 Å². The van der Waals surface area contributed by atoms with E-state index in [-0.39, 0.29) is 5.88 Å². The number of aryl methyl sites for hydroxylation is 2. The highest BCUT2D eigenvalue weighted by Gasteiger charge is 2.18. The number of nitrogens with zero attached hydrogens (tertiary/aromatic N) is 2. The van der Waals surface area contributed by atoms with Crippen molar-refractivity contribution in [3.05, 3.63) is 65.2 Å². The molecule has 0 amide bonds. The molecule has 1 aromatic heterocycles. The minimum Gasteiger partial charge on any atom is -0.492 e. The number of hydrogen-bond donors (Lipinski definition) is 1. The quantitative estimate of drug-likeness (QED) is 0.764. The summed E-state index contributed by atoms with van der Waals surface area (Å²) in [5, 5.41) is 14.4. The topological polar surface area (TPSA) is 38.1 Å². The highest BCUT2D eigenvalue weighted by molar-refractivity contribution is 5.71. The molecular weight excluding hydrogens is 260 g/mol. The zero-order chi connectivity index (χ0) is 15.0. The standard InChI is InChI=1S/C18H18N2O/c1-12-8-4-6-10-15(12)17-14(3)18(21)19-20(17)16-11-7-5-9-13(16)2/h4-11H,1-3H3,(H,19,21). The average molecular weight is 278 g/mol. The summed E-state index contributed by atoms with van der Waals surface area (Å²) in [6.45, 7) is 6.02. The second-order valence-corrected chi connectivity index (χ2v) is 5.31. The summed E-state index contributed by atoms with van der Waals surface area (Å²) in [6, 6.07) is 16.2. The normalized spacial score (nSPS) is 10.8. The van der Waals surface area contributed by atoms with Crippen LogP contribution in [0, 0.1) is 20.8 Å². The van der Waals surface area contributed by atoms with Gasteiger partial charge in [0.25, 0.3) is 0 Å². The van der Waals surface area contributed by atoms with Gasteiger partial charge in [-0.05, 0) is 38.0 Å². The van der Waals surface area contributed by atoms with E-state index in [0.29, 0.717) is 0 Å². The van der Waals surface area contributed by atoms with Crippen molar-refractivity contribution in [2.45, 2.75) is 20.8 Å². The molecule has 0 unspecified atom stereocenters. The van der Waals surface area contributed by atoms with Gasteiger partial charge in [0.2, 0.25) is 5.88 Å². The van der Waals surface area contributed by atoms with Gasteiger partial charge in [0, 0.05) is 11.1 Å². The lowest BCUT2D eigenvalue weighted by Crippen LogP contribution is -2.02. The van der Waals surface area contributed by atoms with E-state index >= 15 is 0 Å². The number of para-hydroxylation sites is 1. The van der Waals surface area contributed by atoms with Gasteiger partial charge < -0.3 is 5.11 Å². The second kappa shape index (κ2) is 5.09. The zero-order valence-corrected chi connectivity index (χ0v) is 12.5. The molecule has 106 valence electrons. The van der Waals surface area contributed by atoms with Gasteiger partial charge in [0.1, 0.15) is 0 Å². The lowest BCUT2D eigenvalue weighted by molar-refractivity contribution is 0.444. The lowest BCUT2D eigenvalue weighted by atomic mass is 10.0. The summed E-state index contributed by atoms with van der Waals surface area (Å²) < 4.78 is 1.84. The summed E-state index contributed by atoms with van der Waals surface area (Å²) in [5.74, 6) is 0.0801. The fraction of sp³-hybridized carbons (Fsp3) is 0.167. The molecule has 0 fully saturated rings. The molecule has 3 aromatic rings. The van der Waals surface area contributed by atoms with Crippen LogP contribution in [0.4, 0.5) is 0 Å². The first-order chi connectivity index (χ1) is 10.1. The molecule has 0 saturated carbocycles. The van der Waals surface area contributed by atoms with E-state index in [1.807, 2.05) is 54.9 Å². The van der Waals surface area contributed by atoms with Gasteiger partial charge in [-0.25, -0.2) is 4.68 Å². The van der Waals surface area contributed by atoms with Gasteiger partial charge >= 0.3 is 0 Å². The van der Waals surface area contributed by atoms with E-state index in [1.54, 1.807) is 0 Å². The highest BCUT2D eigenvalue weighted by Crippen LogP contribution is 2.33. The maximum Gasteiger partial charge on any atom is 0.234 e. The predicted octanol–water partition coefficient (Wildman–Crippen LogP) is 4.17. The smallest absolute Gasteiger partial charge is 0.234 e. The fourth-order valence-electron chi connectivity index (χ4n) is 2.61. The van der Waals surface area contributed by atoms with Crippen molar-refractivity contribution in [1.82, 2.24) is 9.78 Å². The molecular formula is C18H18N2O. The third kappa shape index (κ3) is 2.21. The molecule has 0 saturated heterocycles. The SMILES string of the molecule is Cc1ccccc1-c1c(C)c(O)nn1-c1ccccc1C. The van der Waals surface area contributed by atoms with Gasteiger partial charge in [-0.3, -0.25) is 0 Å². The Morgan fingerprint density at radius 1 is 0.857 bits per heavy atom. The number of benzene rings is 2. The molecule has 0 bridgehead atoms. The summed E-state index contributed by atoms with van der Waals surface area (Å²) in [7, 11) is 0. The Morgan fingerprint density at radius 3 is 2.14 bits per heavy atom. The van der Waals surface area contributed by atoms with Crippen LogP contribution < -0.4 is 0 Å². The summed E-state index contributed by atoms with van der Waals surface area (Å²) in [4.78, 5) is 0. The second-order valence-electron chi connectivity index (χ2n) is 5.31. The maximum atomic E-state index is 10.1. The van der Waals surface area contributed by atoms with Crippen LogP contribution in [0.3, 0.4) is 0 Å². The van der Waals surface area contributed by atoms with E-state index in [4.69, 9.17) is 0 Å². The van der Waals surface area contributed by atoms with Gasteiger partial charge in [-0.15, -0.1) is 5.10 Å². The van der Waals surface area contributed by atoms with Crippen LogP contribution in [0.15, 0.2) is 48.5 Å². The number of hydrogen-bond acceptors (Lipinski definition) is 2. The first-order valence-corrected chi connectivity index (χ1v) is 7.00. The van der Waals surface area contributed by atoms with E-state index in [9.17, 15) is 5.11 Å². The molecule has 0 aliphatic heterocycles. The molecule has 2 aromatic carbocycles. The van der Waals surface area contributed by atoms with Gasteiger partial charge in [-0.1, -0.05) is 42.5 Å². The van der Waals surface area contributed by atoms with Gasteiger partial charge in [-0.2, -0.15) is 0 Å². The molecule has 0 atom stereocenters. The Bertz CT molecular complexity index is 803. The molecule has 0 spiro atoms. The van der Waals surface area contributed by atoms with Crippen molar-refractivity contribution < 1.29 is 5.11 Å². The Labute approximate surface area is 124 Å². The molecule has 3 heteroatoms. The fourth-order valence-corrected chi connectivity index (χ4v) is 2.61. The predicted molar refractivity (Wildman–Crippen MR) is 84.9 cm³/mol. The Morgan fingerprint density at radius 2 is 1.48 bits per heavy atom. The Kier molecular flexibility index (Phi) is 3.26. The van der Waals surface area contributed by atoms with E-state index in [0.717, 1.165) is 33.6 Å². The van der Waals surface area contributed by atoms with E-state index in [1.165, 1.54) is 0 Å². The Balaban J connectivity index is 2.32. The molecule has 0 aliphatic rings. The third-order valence-electron chi connectivity index (χ3n) is 3.84. The largest absolute Gasteiger partial charge is 0.492 e. The third-order valence-corrected chi connectivity index (χ3v) is 3.84. The monoisotopic (exact) mass is 278 g/mol. The number of aromatic nitrogens is 2. The van der Waals surface area contributed by atoms with Crippen LogP contribution in [0.5, 0.6) is 5.88 Å². The average Bonchev–Trinajstić information content (AvgIpc) is 2.76. The van der Waals surface area contributed by atoms with E-state index in [2.05, 4.69) is 24.2 Å². The first kappa shape index (κ1) is 13.4. The van der Waals surface area contributed by atoms with Crippen molar-refractivity contribution in [2.75, 3.05) is 0 Å². The molecule has 1 N–H and O–H groups in total. The number of aromatic hydroxyl groups is 1. The minimum absolute atomic E-state index is 0.0801. The molecule has 21 heavy (non-hydrogen) atoms. The summed E-state index contributed by atoms with van der Waals surface area (Å²) >= 11 is 0. The van der Waals surface area contributed by atoms with Gasteiger partial charge in [0.15, 0.2) is 0 Å². The highest BCUT2D eigenvalue weighted by atomic mass is 16.3. The van der Waals surface area contributed by atoms with Crippen LogP contribution in [0.2, 0.25) is 0 Å². The maximum absolute atomic E-state index is 10.1.